The van der Waals surface area contributed by atoms with E-state index in [2.05, 4.69) is 5.32 Å². The molecule has 1 fully saturated rings. The highest BCUT2D eigenvalue weighted by molar-refractivity contribution is 7.89. The summed E-state index contributed by atoms with van der Waals surface area (Å²) in [5.74, 6) is -1.37. The average molecular weight is 382 g/mol. The van der Waals surface area contributed by atoms with Crippen LogP contribution in [0.1, 0.15) is 45.1 Å². The molecule has 8 heteroatoms. The minimum atomic E-state index is -3.64. The number of hydrogen-bond donors (Lipinski definition) is 2. The highest BCUT2D eigenvalue weighted by Gasteiger charge is 2.45. The number of anilines is 1. The monoisotopic (exact) mass is 382 g/mol. The summed E-state index contributed by atoms with van der Waals surface area (Å²) in [4.78, 5) is 23.8. The van der Waals surface area contributed by atoms with Gasteiger partial charge in [-0.15, -0.1) is 0 Å². The number of amides is 1. The third-order valence-corrected chi connectivity index (χ3v) is 7.25. The lowest BCUT2D eigenvalue weighted by Gasteiger charge is -2.36. The van der Waals surface area contributed by atoms with Crippen molar-refractivity contribution in [3.63, 3.8) is 0 Å². The smallest absolute Gasteiger partial charge is 0.310 e. The molecule has 7 nitrogen and oxygen atoms in total. The van der Waals surface area contributed by atoms with Gasteiger partial charge in [-0.1, -0.05) is 26.3 Å². The van der Waals surface area contributed by atoms with E-state index in [4.69, 9.17) is 0 Å². The van der Waals surface area contributed by atoms with Crippen LogP contribution in [0.15, 0.2) is 23.1 Å². The van der Waals surface area contributed by atoms with Crippen molar-refractivity contribution in [3.8, 4) is 0 Å². The van der Waals surface area contributed by atoms with E-state index in [9.17, 15) is 23.1 Å². The topological polar surface area (TPSA) is 104 Å². The van der Waals surface area contributed by atoms with Crippen LogP contribution in [0.25, 0.3) is 0 Å². The maximum atomic E-state index is 12.8. The lowest BCUT2D eigenvalue weighted by atomic mass is 9.66. The molecule has 1 saturated carbocycles. The standard InChI is InChI=1S/C18H26N2O5S/c1-4-20(5-2)26(24,25)15-11-14(8-7-13(15)3)19-16(21)12-18(17(22)23)9-6-10-18/h7-8,11H,4-6,9-10,12H2,1-3H3,(H,19,21)(H,22,23). The first-order valence-electron chi connectivity index (χ1n) is 8.80. The summed E-state index contributed by atoms with van der Waals surface area (Å²) in [5, 5.41) is 12.0. The Morgan fingerprint density at radius 3 is 2.31 bits per heavy atom. The van der Waals surface area contributed by atoms with Crippen LogP contribution in [0.4, 0.5) is 5.69 Å². The van der Waals surface area contributed by atoms with Crippen LogP contribution >= 0.6 is 0 Å². The second-order valence-corrected chi connectivity index (χ2v) is 8.64. The zero-order valence-electron chi connectivity index (χ0n) is 15.4. The van der Waals surface area contributed by atoms with E-state index in [1.165, 1.54) is 10.4 Å². The molecular formula is C18H26N2O5S. The van der Waals surface area contributed by atoms with Crippen molar-refractivity contribution in [1.82, 2.24) is 4.31 Å². The summed E-state index contributed by atoms with van der Waals surface area (Å²) >= 11 is 0. The molecule has 0 atom stereocenters. The van der Waals surface area contributed by atoms with Crippen LogP contribution < -0.4 is 5.32 Å². The van der Waals surface area contributed by atoms with Crippen molar-refractivity contribution in [3.05, 3.63) is 23.8 Å². The molecule has 1 aromatic carbocycles. The Morgan fingerprint density at radius 2 is 1.85 bits per heavy atom. The van der Waals surface area contributed by atoms with Gasteiger partial charge in [0.1, 0.15) is 0 Å². The number of aliphatic carboxylic acids is 1. The number of nitrogens with zero attached hydrogens (tertiary/aromatic N) is 1. The average Bonchev–Trinajstić information content (AvgIpc) is 2.53. The van der Waals surface area contributed by atoms with E-state index < -0.39 is 27.3 Å². The van der Waals surface area contributed by atoms with Gasteiger partial charge in [-0.3, -0.25) is 9.59 Å². The van der Waals surface area contributed by atoms with E-state index >= 15 is 0 Å². The lowest BCUT2D eigenvalue weighted by molar-refractivity contribution is -0.157. The quantitative estimate of drug-likeness (QED) is 0.719. The third-order valence-electron chi connectivity index (χ3n) is 5.06. The fourth-order valence-electron chi connectivity index (χ4n) is 3.24. The van der Waals surface area contributed by atoms with Crippen molar-refractivity contribution >= 4 is 27.6 Å². The predicted octanol–water partition coefficient (Wildman–Crippen LogP) is 2.61. The van der Waals surface area contributed by atoms with Crippen LogP contribution in [0.2, 0.25) is 0 Å². The fraction of sp³-hybridized carbons (Fsp3) is 0.556. The molecule has 0 aliphatic heterocycles. The second-order valence-electron chi connectivity index (χ2n) is 6.73. The van der Waals surface area contributed by atoms with E-state index in [0.717, 1.165) is 6.42 Å². The number of carboxylic acids is 1. The Labute approximate surface area is 154 Å². The molecule has 0 spiro atoms. The molecule has 1 aliphatic carbocycles. The highest BCUT2D eigenvalue weighted by Crippen LogP contribution is 2.44. The lowest BCUT2D eigenvalue weighted by Crippen LogP contribution is -2.41. The van der Waals surface area contributed by atoms with Gasteiger partial charge in [-0.05, 0) is 37.5 Å². The van der Waals surface area contributed by atoms with E-state index in [1.807, 2.05) is 0 Å². The molecule has 0 bridgehead atoms. The summed E-state index contributed by atoms with van der Waals surface area (Å²) in [6, 6.07) is 4.71. The van der Waals surface area contributed by atoms with Crippen LogP contribution in [0.3, 0.4) is 0 Å². The molecule has 0 heterocycles. The first kappa shape index (κ1) is 20.4. The highest BCUT2D eigenvalue weighted by atomic mass is 32.2. The number of carbonyl (C=O) groups is 2. The van der Waals surface area contributed by atoms with Crippen molar-refractivity contribution in [2.24, 2.45) is 5.41 Å². The van der Waals surface area contributed by atoms with Gasteiger partial charge in [-0.2, -0.15) is 4.31 Å². The van der Waals surface area contributed by atoms with Crippen LogP contribution in [0, 0.1) is 12.3 Å². The number of carboxylic acid groups (broad SMARTS) is 1. The molecular weight excluding hydrogens is 356 g/mol. The Bertz CT molecular complexity index is 796. The number of hydrogen-bond acceptors (Lipinski definition) is 4. The molecule has 0 aromatic heterocycles. The van der Waals surface area contributed by atoms with Crippen LogP contribution in [-0.4, -0.2) is 42.8 Å². The van der Waals surface area contributed by atoms with E-state index in [0.29, 0.717) is 37.2 Å². The maximum Gasteiger partial charge on any atom is 0.310 e. The largest absolute Gasteiger partial charge is 0.481 e. The van der Waals surface area contributed by atoms with Crippen molar-refractivity contribution < 1.29 is 23.1 Å². The van der Waals surface area contributed by atoms with Crippen molar-refractivity contribution in [2.45, 2.75) is 51.3 Å². The summed E-state index contributed by atoms with van der Waals surface area (Å²) in [6.07, 6.45) is 1.68. The van der Waals surface area contributed by atoms with Gasteiger partial charge >= 0.3 is 5.97 Å². The van der Waals surface area contributed by atoms with Gasteiger partial charge in [0.05, 0.1) is 10.3 Å². The maximum absolute atomic E-state index is 12.8. The minimum absolute atomic E-state index is 0.103. The number of carbonyl (C=O) groups excluding carboxylic acids is 1. The zero-order chi connectivity index (χ0) is 19.5. The fourth-order valence-corrected chi connectivity index (χ4v) is 4.95. The molecule has 1 aliphatic rings. The molecule has 2 rings (SSSR count). The summed E-state index contributed by atoms with van der Waals surface area (Å²) in [5.41, 5.74) is -0.0349. The number of benzene rings is 1. The number of rotatable bonds is 8. The third kappa shape index (κ3) is 3.91. The first-order valence-corrected chi connectivity index (χ1v) is 10.2. The van der Waals surface area contributed by atoms with Gasteiger partial charge in [-0.25, -0.2) is 8.42 Å². The SMILES string of the molecule is CCN(CC)S(=O)(=O)c1cc(NC(=O)CC2(C(=O)O)CCC2)ccc1C. The van der Waals surface area contributed by atoms with Gasteiger partial charge in [0.2, 0.25) is 15.9 Å². The minimum Gasteiger partial charge on any atom is -0.481 e. The van der Waals surface area contributed by atoms with E-state index in [-0.39, 0.29) is 11.3 Å². The van der Waals surface area contributed by atoms with Gasteiger partial charge < -0.3 is 10.4 Å². The normalized spacial score (nSPS) is 16.2. The molecule has 2 N–H and O–H groups in total. The Balaban J connectivity index is 2.22. The van der Waals surface area contributed by atoms with E-state index in [1.54, 1.807) is 32.9 Å². The Hall–Kier alpha value is -1.93. The van der Waals surface area contributed by atoms with Crippen LogP contribution in [0.5, 0.6) is 0 Å². The molecule has 1 amide bonds. The molecule has 144 valence electrons. The number of sulfonamides is 1. The van der Waals surface area contributed by atoms with Crippen LogP contribution in [-0.2, 0) is 19.6 Å². The summed E-state index contributed by atoms with van der Waals surface area (Å²) in [7, 11) is -3.64. The Morgan fingerprint density at radius 1 is 1.23 bits per heavy atom. The summed E-state index contributed by atoms with van der Waals surface area (Å²) in [6.45, 7) is 5.96. The first-order chi connectivity index (χ1) is 12.2. The van der Waals surface area contributed by atoms with Crippen molar-refractivity contribution in [2.75, 3.05) is 18.4 Å². The predicted molar refractivity (Wildman–Crippen MR) is 98.5 cm³/mol. The molecule has 26 heavy (non-hydrogen) atoms. The number of aryl methyl sites for hydroxylation is 1. The van der Waals surface area contributed by atoms with Gasteiger partial charge in [0.15, 0.2) is 0 Å². The number of nitrogens with one attached hydrogen (secondary N) is 1. The van der Waals surface area contributed by atoms with Gasteiger partial charge in [0, 0.05) is 25.2 Å². The molecule has 0 saturated heterocycles. The molecule has 1 aromatic rings. The molecule has 0 unspecified atom stereocenters. The van der Waals surface area contributed by atoms with Gasteiger partial charge in [0.25, 0.3) is 0 Å². The second kappa shape index (κ2) is 7.75. The molecule has 0 radical (unpaired) electrons. The summed E-state index contributed by atoms with van der Waals surface area (Å²) < 4.78 is 26.9. The Kier molecular flexibility index (Phi) is 6.08. The van der Waals surface area contributed by atoms with Crippen molar-refractivity contribution in [1.29, 1.82) is 0 Å². The zero-order valence-corrected chi connectivity index (χ0v) is 16.2.